The van der Waals surface area contributed by atoms with E-state index in [9.17, 15) is 13.8 Å². The fourth-order valence-electron chi connectivity index (χ4n) is 4.38. The van der Waals surface area contributed by atoms with Crippen molar-refractivity contribution < 1.29 is 27.2 Å². The number of aromatic nitrogens is 4. The van der Waals surface area contributed by atoms with Crippen molar-refractivity contribution in [3.63, 3.8) is 0 Å². The summed E-state index contributed by atoms with van der Waals surface area (Å²) >= 11 is 0. The summed E-state index contributed by atoms with van der Waals surface area (Å²) in [5.74, 6) is -0.348. The second-order valence-electron chi connectivity index (χ2n) is 9.74. The SMILES string of the molecule is [2H]C([2H])([2H])NC(=O)c1nnc(NC(=O)C2CC2)cc1Nc1cccc(-c2noc(CN3CCN(S(C)(=N)=O)CC3)n2)c1OC. The van der Waals surface area contributed by atoms with Crippen LogP contribution in [0.2, 0.25) is 0 Å². The van der Waals surface area contributed by atoms with Crippen LogP contribution in [0, 0.1) is 10.7 Å². The van der Waals surface area contributed by atoms with E-state index < -0.39 is 22.8 Å². The van der Waals surface area contributed by atoms with Gasteiger partial charge in [0, 0.05) is 55.5 Å². The molecule has 1 saturated heterocycles. The molecule has 1 aliphatic carbocycles. The molecule has 15 nitrogen and oxygen atoms in total. The number of anilines is 3. The molecule has 2 amide bonds. The molecule has 1 unspecified atom stereocenters. The van der Waals surface area contributed by atoms with E-state index >= 15 is 0 Å². The second kappa shape index (κ2) is 11.8. The predicted octanol–water partition coefficient (Wildman–Crippen LogP) is 1.70. The molecule has 0 spiro atoms. The zero-order valence-corrected chi connectivity index (χ0v) is 23.3. The van der Waals surface area contributed by atoms with E-state index in [0.717, 1.165) is 12.8 Å². The Balaban J connectivity index is 1.38. The minimum atomic E-state index is -2.77. The van der Waals surface area contributed by atoms with Crippen LogP contribution in [0.5, 0.6) is 5.75 Å². The van der Waals surface area contributed by atoms with Crippen LogP contribution >= 0.6 is 0 Å². The predicted molar refractivity (Wildman–Crippen MR) is 150 cm³/mol. The molecule has 2 aromatic heterocycles. The topological polar surface area (TPSA) is 192 Å². The van der Waals surface area contributed by atoms with Crippen LogP contribution in [0.25, 0.3) is 11.4 Å². The number of para-hydroxylation sites is 1. The average Bonchev–Trinajstić information content (AvgIpc) is 3.71. The molecule has 1 saturated carbocycles. The molecular formula is C25H32N10O5S. The maximum atomic E-state index is 12.8. The number of nitrogens with zero attached hydrogens (tertiary/aromatic N) is 6. The fourth-order valence-corrected chi connectivity index (χ4v) is 5.24. The van der Waals surface area contributed by atoms with Gasteiger partial charge in [-0.05, 0) is 25.0 Å². The lowest BCUT2D eigenvalue weighted by molar-refractivity contribution is -0.117. The molecular weight excluding hydrogens is 552 g/mol. The van der Waals surface area contributed by atoms with Crippen molar-refractivity contribution >= 4 is 38.9 Å². The molecule has 5 rings (SSSR count). The minimum absolute atomic E-state index is 0.0694. The summed E-state index contributed by atoms with van der Waals surface area (Å²) in [6.07, 6.45) is 2.96. The van der Waals surface area contributed by atoms with Crippen molar-refractivity contribution in [1.82, 2.24) is 34.9 Å². The number of rotatable bonds is 10. The van der Waals surface area contributed by atoms with Crippen molar-refractivity contribution in [3.05, 3.63) is 35.9 Å². The number of carbonyl (C=O) groups excluding carboxylic acids is 2. The lowest BCUT2D eigenvalue weighted by Crippen LogP contribution is -2.47. The van der Waals surface area contributed by atoms with Gasteiger partial charge < -0.3 is 25.2 Å². The molecule has 16 heteroatoms. The van der Waals surface area contributed by atoms with Crippen molar-refractivity contribution in [2.75, 3.05) is 57.2 Å². The van der Waals surface area contributed by atoms with Gasteiger partial charge in [-0.25, -0.2) is 13.3 Å². The first-order valence-corrected chi connectivity index (χ1v) is 14.7. The van der Waals surface area contributed by atoms with Gasteiger partial charge in [-0.15, -0.1) is 10.2 Å². The lowest BCUT2D eigenvalue weighted by atomic mass is 10.1. The summed E-state index contributed by atoms with van der Waals surface area (Å²) in [5.41, 5.74) is 0.584. The number of nitrogens with one attached hydrogen (secondary N) is 4. The molecule has 3 aromatic rings. The Kier molecular flexibility index (Phi) is 7.06. The Hall–Kier alpha value is -4.15. The zero-order valence-electron chi connectivity index (χ0n) is 25.5. The van der Waals surface area contributed by atoms with Crippen LogP contribution in [-0.2, 0) is 21.3 Å². The summed E-state index contributed by atoms with van der Waals surface area (Å²) in [6.45, 7) is -0.247. The monoisotopic (exact) mass is 587 g/mol. The Morgan fingerprint density at radius 3 is 2.68 bits per heavy atom. The maximum absolute atomic E-state index is 12.8. The Bertz CT molecular complexity index is 1650. The highest BCUT2D eigenvalue weighted by molar-refractivity contribution is 7.89. The van der Waals surface area contributed by atoms with Gasteiger partial charge in [0.15, 0.2) is 17.3 Å². The molecule has 1 aliphatic heterocycles. The summed E-state index contributed by atoms with van der Waals surface area (Å²) in [6, 6.07) is 6.47. The maximum Gasteiger partial charge on any atom is 0.273 e. The third kappa shape index (κ3) is 6.61. The molecule has 0 bridgehead atoms. The summed E-state index contributed by atoms with van der Waals surface area (Å²) < 4.78 is 54.8. The first-order valence-electron chi connectivity index (χ1n) is 14.3. The third-order valence-corrected chi connectivity index (χ3v) is 8.05. The number of benzene rings is 1. The van der Waals surface area contributed by atoms with Gasteiger partial charge >= 0.3 is 0 Å². The second-order valence-corrected chi connectivity index (χ2v) is 11.9. The molecule has 1 aromatic carbocycles. The van der Waals surface area contributed by atoms with E-state index in [1.54, 1.807) is 22.5 Å². The standard InChI is InChI=1S/C25H32N10O5S/c1-27-25(37)21-18(13-19(31-32-21)29-24(36)15-7-8-15)28-17-6-4-5-16(22(17)39-2)23-30-20(40-33-23)14-34-9-11-35(12-10-34)41(3,26)38/h4-6,13,15,26H,7-12,14H2,1-3H3,(H,27,37)(H2,28,29,31,36)/i1D3. The van der Waals surface area contributed by atoms with Gasteiger partial charge in [0.2, 0.25) is 17.6 Å². The third-order valence-electron chi connectivity index (χ3n) is 6.70. The van der Waals surface area contributed by atoms with E-state index in [1.165, 1.54) is 19.4 Å². The van der Waals surface area contributed by atoms with Gasteiger partial charge in [0.05, 0.1) is 30.6 Å². The van der Waals surface area contributed by atoms with E-state index in [-0.39, 0.29) is 34.8 Å². The van der Waals surface area contributed by atoms with Gasteiger partial charge in [-0.1, -0.05) is 11.2 Å². The number of hydrogen-bond acceptors (Lipinski definition) is 12. The molecule has 2 fully saturated rings. The highest BCUT2D eigenvalue weighted by Crippen LogP contribution is 2.37. The van der Waals surface area contributed by atoms with Crippen molar-refractivity contribution in [2.45, 2.75) is 19.4 Å². The van der Waals surface area contributed by atoms with Crippen LogP contribution in [0.4, 0.5) is 17.2 Å². The molecule has 218 valence electrons. The van der Waals surface area contributed by atoms with Crippen LogP contribution in [0.3, 0.4) is 0 Å². The first kappa shape index (κ1) is 24.6. The number of carbonyl (C=O) groups is 2. The number of hydrogen-bond donors (Lipinski definition) is 4. The van der Waals surface area contributed by atoms with Gasteiger partial charge in [0.25, 0.3) is 5.91 Å². The summed E-state index contributed by atoms with van der Waals surface area (Å²) in [7, 11) is -1.31. The normalized spacial score (nSPS) is 18.8. The lowest BCUT2D eigenvalue weighted by Gasteiger charge is -2.33. The quantitative estimate of drug-likeness (QED) is 0.270. The van der Waals surface area contributed by atoms with E-state index in [4.69, 9.17) is 18.2 Å². The van der Waals surface area contributed by atoms with Gasteiger partial charge in [-0.2, -0.15) is 4.98 Å². The first-order chi connectivity index (χ1) is 20.8. The van der Waals surface area contributed by atoms with Crippen LogP contribution in [0.15, 0.2) is 28.8 Å². The van der Waals surface area contributed by atoms with Crippen LogP contribution in [-0.4, -0.2) is 92.1 Å². The van der Waals surface area contributed by atoms with Gasteiger partial charge in [0.1, 0.15) is 9.92 Å². The Labute approximate surface area is 241 Å². The number of amides is 2. The zero-order chi connectivity index (χ0) is 31.6. The van der Waals surface area contributed by atoms with Crippen LogP contribution < -0.4 is 20.7 Å². The summed E-state index contributed by atoms with van der Waals surface area (Å²) in [4.78, 5) is 31.7. The molecule has 0 radical (unpaired) electrons. The molecule has 3 heterocycles. The van der Waals surface area contributed by atoms with Crippen molar-refractivity contribution in [2.24, 2.45) is 5.92 Å². The molecule has 1 atom stereocenters. The molecule has 2 aliphatic rings. The van der Waals surface area contributed by atoms with E-state index in [0.29, 0.717) is 55.6 Å². The highest BCUT2D eigenvalue weighted by Gasteiger charge is 2.30. The van der Waals surface area contributed by atoms with Crippen molar-refractivity contribution in [1.29, 1.82) is 4.78 Å². The minimum Gasteiger partial charge on any atom is -0.494 e. The Morgan fingerprint density at radius 1 is 1.22 bits per heavy atom. The highest BCUT2D eigenvalue weighted by atomic mass is 32.2. The number of piperazine rings is 1. The van der Waals surface area contributed by atoms with Crippen molar-refractivity contribution in [3.8, 4) is 17.1 Å². The Morgan fingerprint density at radius 2 is 2.00 bits per heavy atom. The van der Waals surface area contributed by atoms with Crippen LogP contribution in [0.1, 0.15) is 33.3 Å². The summed E-state index contributed by atoms with van der Waals surface area (Å²) in [5, 5.41) is 19.5. The largest absolute Gasteiger partial charge is 0.494 e. The smallest absolute Gasteiger partial charge is 0.273 e. The van der Waals surface area contributed by atoms with E-state index in [1.807, 2.05) is 5.32 Å². The van der Waals surface area contributed by atoms with Gasteiger partial charge in [-0.3, -0.25) is 14.5 Å². The average molecular weight is 588 g/mol. The molecule has 41 heavy (non-hydrogen) atoms. The fraction of sp³-hybridized carbons (Fsp3) is 0.440. The molecule has 4 N–H and O–H groups in total. The number of methoxy groups -OCH3 is 1. The number of ether oxygens (including phenoxy) is 1. The van der Waals surface area contributed by atoms with E-state index in [2.05, 4.69) is 35.9 Å².